The molecule has 0 aliphatic heterocycles. The van der Waals surface area contributed by atoms with Gasteiger partial charge in [0.05, 0.1) is 15.6 Å². The largest absolute Gasteiger partial charge is 0.506 e. The maximum absolute atomic E-state index is 11.9. The molecule has 0 fully saturated rings. The fourth-order valence-corrected chi connectivity index (χ4v) is 3.00. The molecule has 3 aromatic carbocycles. The lowest BCUT2D eigenvalue weighted by Crippen LogP contribution is -2.24. The van der Waals surface area contributed by atoms with Gasteiger partial charge in [-0.2, -0.15) is 5.10 Å². The molecule has 0 unspecified atom stereocenters. The van der Waals surface area contributed by atoms with Gasteiger partial charge >= 0.3 is 0 Å². The first-order chi connectivity index (χ1) is 14.4. The van der Waals surface area contributed by atoms with E-state index in [-0.39, 0.29) is 28.1 Å². The number of phenols is 1. The van der Waals surface area contributed by atoms with Gasteiger partial charge in [-0.15, -0.1) is 0 Å². The van der Waals surface area contributed by atoms with Gasteiger partial charge in [-0.1, -0.05) is 42.5 Å². The van der Waals surface area contributed by atoms with Gasteiger partial charge in [-0.25, -0.2) is 5.43 Å². The number of nitrogens with zero attached hydrogens (tertiary/aromatic N) is 2. The van der Waals surface area contributed by atoms with Gasteiger partial charge in [-0.05, 0) is 39.2 Å². The van der Waals surface area contributed by atoms with Crippen molar-refractivity contribution in [3.05, 3.63) is 86.9 Å². The lowest BCUT2D eigenvalue weighted by Gasteiger charge is -2.07. The topological polar surface area (TPSA) is 114 Å². The first kappa shape index (κ1) is 21.0. The predicted octanol–water partition coefficient (Wildman–Crippen LogP) is 4.26. The van der Waals surface area contributed by atoms with E-state index < -0.39 is 10.8 Å². The molecule has 0 saturated heterocycles. The number of hydrazone groups is 1. The Morgan fingerprint density at radius 3 is 2.47 bits per heavy atom. The molecule has 0 aromatic heterocycles. The Balaban J connectivity index is 1.55. The molecule has 1 amide bonds. The van der Waals surface area contributed by atoms with E-state index in [4.69, 9.17) is 4.74 Å². The number of phenolic OH excluding ortho intramolecular Hbond substituents is 1. The first-order valence-electron chi connectivity index (χ1n) is 8.71. The summed E-state index contributed by atoms with van der Waals surface area (Å²) in [6.45, 7) is -0.271. The van der Waals surface area contributed by atoms with Gasteiger partial charge < -0.3 is 9.84 Å². The smallest absolute Gasteiger partial charge is 0.277 e. The van der Waals surface area contributed by atoms with Crippen molar-refractivity contribution >= 4 is 33.7 Å². The summed E-state index contributed by atoms with van der Waals surface area (Å²) in [5.74, 6) is -0.232. The summed E-state index contributed by atoms with van der Waals surface area (Å²) in [7, 11) is 0. The number of halogens is 1. The average molecular weight is 470 g/mol. The molecule has 0 spiro atoms. The molecule has 8 nitrogen and oxygen atoms in total. The number of amides is 1. The first-order valence-corrected chi connectivity index (χ1v) is 9.50. The SMILES string of the molecule is O=C(COc1ccc(-c2ccccc2)cc1)N/N=C/c1cc([N+](=O)[O-])cc(Br)c1O. The van der Waals surface area contributed by atoms with Crippen LogP contribution in [0.3, 0.4) is 0 Å². The van der Waals surface area contributed by atoms with Crippen LogP contribution in [0.5, 0.6) is 11.5 Å². The number of carbonyl (C=O) groups is 1. The van der Waals surface area contributed by atoms with Gasteiger partial charge in [0.25, 0.3) is 11.6 Å². The number of nitrogens with one attached hydrogen (secondary N) is 1. The number of hydrogen-bond acceptors (Lipinski definition) is 6. The highest BCUT2D eigenvalue weighted by molar-refractivity contribution is 9.10. The third-order valence-electron chi connectivity index (χ3n) is 4.01. The minimum absolute atomic E-state index is 0.0776. The van der Waals surface area contributed by atoms with Crippen molar-refractivity contribution in [1.82, 2.24) is 5.43 Å². The van der Waals surface area contributed by atoms with Crippen molar-refractivity contribution in [1.29, 1.82) is 0 Å². The summed E-state index contributed by atoms with van der Waals surface area (Å²) in [4.78, 5) is 22.2. The third-order valence-corrected chi connectivity index (χ3v) is 4.62. The van der Waals surface area contributed by atoms with Crippen molar-refractivity contribution in [3.63, 3.8) is 0 Å². The third kappa shape index (κ3) is 5.42. The van der Waals surface area contributed by atoms with Crippen molar-refractivity contribution in [2.75, 3.05) is 6.61 Å². The Bertz CT molecular complexity index is 1090. The van der Waals surface area contributed by atoms with Crippen LogP contribution in [0.15, 0.2) is 76.3 Å². The molecule has 0 radical (unpaired) electrons. The summed E-state index contributed by atoms with van der Waals surface area (Å²) < 4.78 is 5.57. The molecule has 9 heteroatoms. The second-order valence-corrected chi connectivity index (χ2v) is 6.95. The maximum Gasteiger partial charge on any atom is 0.277 e. The zero-order valence-corrected chi connectivity index (χ0v) is 17.1. The highest BCUT2D eigenvalue weighted by Gasteiger charge is 2.13. The van der Waals surface area contributed by atoms with Crippen LogP contribution in [0, 0.1) is 10.1 Å². The predicted molar refractivity (Wildman–Crippen MR) is 116 cm³/mol. The standard InChI is InChI=1S/C21H16BrN3O5/c22-19-11-17(25(28)29)10-16(21(19)27)12-23-24-20(26)13-30-18-8-6-15(7-9-18)14-4-2-1-3-5-14/h1-12,27H,13H2,(H,24,26)/b23-12+. The van der Waals surface area contributed by atoms with Crippen LogP contribution < -0.4 is 10.2 Å². The maximum atomic E-state index is 11.9. The molecular formula is C21H16BrN3O5. The fourth-order valence-electron chi connectivity index (χ4n) is 2.54. The summed E-state index contributed by atoms with van der Waals surface area (Å²) in [5, 5.41) is 24.5. The molecule has 0 saturated carbocycles. The lowest BCUT2D eigenvalue weighted by molar-refractivity contribution is -0.385. The number of hydrogen-bond donors (Lipinski definition) is 2. The highest BCUT2D eigenvalue weighted by atomic mass is 79.9. The number of rotatable bonds is 7. The van der Waals surface area contributed by atoms with Crippen LogP contribution in [0.2, 0.25) is 0 Å². The molecule has 152 valence electrons. The zero-order valence-electron chi connectivity index (χ0n) is 15.5. The van der Waals surface area contributed by atoms with Crippen molar-refractivity contribution < 1.29 is 19.6 Å². The summed E-state index contributed by atoms with van der Waals surface area (Å²) >= 11 is 3.03. The van der Waals surface area contributed by atoms with Crippen LogP contribution in [-0.2, 0) is 4.79 Å². The monoisotopic (exact) mass is 469 g/mol. The minimum Gasteiger partial charge on any atom is -0.506 e. The van der Waals surface area contributed by atoms with Crippen LogP contribution >= 0.6 is 15.9 Å². The van der Waals surface area contributed by atoms with E-state index in [1.54, 1.807) is 12.1 Å². The second kappa shape index (κ2) is 9.66. The highest BCUT2D eigenvalue weighted by Crippen LogP contribution is 2.31. The van der Waals surface area contributed by atoms with Crippen molar-refractivity contribution in [3.8, 4) is 22.6 Å². The second-order valence-electron chi connectivity index (χ2n) is 6.09. The summed E-state index contributed by atoms with van der Waals surface area (Å²) in [6.07, 6.45) is 1.11. The van der Waals surface area contributed by atoms with E-state index in [1.807, 2.05) is 42.5 Å². The average Bonchev–Trinajstić information content (AvgIpc) is 2.76. The molecule has 0 atom stereocenters. The Kier molecular flexibility index (Phi) is 6.76. The Morgan fingerprint density at radius 2 is 1.80 bits per heavy atom. The zero-order chi connectivity index (χ0) is 21.5. The Labute approximate surface area is 180 Å². The quantitative estimate of drug-likeness (QED) is 0.304. The van der Waals surface area contributed by atoms with E-state index in [2.05, 4.69) is 26.5 Å². The molecular weight excluding hydrogens is 454 g/mol. The summed E-state index contributed by atoms with van der Waals surface area (Å²) in [6, 6.07) is 19.5. The Hall–Kier alpha value is -3.72. The molecule has 2 N–H and O–H groups in total. The van der Waals surface area contributed by atoms with Gasteiger partial charge in [-0.3, -0.25) is 14.9 Å². The minimum atomic E-state index is -0.600. The van der Waals surface area contributed by atoms with Gasteiger partial charge in [0.2, 0.25) is 0 Å². The van der Waals surface area contributed by atoms with E-state index in [0.717, 1.165) is 23.4 Å². The number of non-ortho nitro benzene ring substituents is 1. The molecule has 0 aliphatic carbocycles. The number of nitro groups is 1. The fraction of sp³-hybridized carbons (Fsp3) is 0.0476. The van der Waals surface area contributed by atoms with E-state index in [9.17, 15) is 20.0 Å². The van der Waals surface area contributed by atoms with Crippen LogP contribution in [0.25, 0.3) is 11.1 Å². The number of aromatic hydroxyl groups is 1. The van der Waals surface area contributed by atoms with Crippen LogP contribution in [0.1, 0.15) is 5.56 Å². The molecule has 0 heterocycles. The van der Waals surface area contributed by atoms with Crippen molar-refractivity contribution in [2.24, 2.45) is 5.10 Å². The lowest BCUT2D eigenvalue weighted by atomic mass is 10.1. The van der Waals surface area contributed by atoms with Gasteiger partial charge in [0.15, 0.2) is 6.61 Å². The normalized spacial score (nSPS) is 10.7. The van der Waals surface area contributed by atoms with Crippen molar-refractivity contribution in [2.45, 2.75) is 0 Å². The summed E-state index contributed by atoms with van der Waals surface area (Å²) in [5.41, 5.74) is 4.20. The van der Waals surface area contributed by atoms with Crippen LogP contribution in [0.4, 0.5) is 5.69 Å². The van der Waals surface area contributed by atoms with Crippen LogP contribution in [-0.4, -0.2) is 28.8 Å². The van der Waals surface area contributed by atoms with E-state index in [0.29, 0.717) is 5.75 Å². The molecule has 0 aliphatic rings. The Morgan fingerprint density at radius 1 is 1.13 bits per heavy atom. The number of carbonyl (C=O) groups excluding carboxylic acids is 1. The molecule has 3 aromatic rings. The number of benzene rings is 3. The molecule has 3 rings (SSSR count). The van der Waals surface area contributed by atoms with E-state index in [1.165, 1.54) is 6.07 Å². The molecule has 30 heavy (non-hydrogen) atoms. The van der Waals surface area contributed by atoms with Gasteiger partial charge in [0.1, 0.15) is 11.5 Å². The van der Waals surface area contributed by atoms with E-state index >= 15 is 0 Å². The number of nitro benzene ring substituents is 1. The molecule has 0 bridgehead atoms. The van der Waals surface area contributed by atoms with Gasteiger partial charge in [0, 0.05) is 17.7 Å². The number of ether oxygens (including phenoxy) is 1.